The highest BCUT2D eigenvalue weighted by atomic mass is 31.3. The molecule has 1 aromatic rings. The summed E-state index contributed by atoms with van der Waals surface area (Å²) in [5, 5.41) is 0. The van der Waals surface area contributed by atoms with Gasteiger partial charge in [0, 0.05) is 18.3 Å². The lowest BCUT2D eigenvalue weighted by Crippen LogP contribution is -2.42. The van der Waals surface area contributed by atoms with E-state index in [1.54, 1.807) is 13.8 Å². The van der Waals surface area contributed by atoms with Gasteiger partial charge in [0.2, 0.25) is 7.37 Å². The first-order chi connectivity index (χ1) is 16.1. The maximum absolute atomic E-state index is 13.0. The van der Waals surface area contributed by atoms with Crippen molar-refractivity contribution in [2.45, 2.75) is 58.4 Å². The van der Waals surface area contributed by atoms with E-state index in [1.165, 1.54) is 10.8 Å². The average molecular weight is 561 g/mol. The highest BCUT2D eigenvalue weighted by Crippen LogP contribution is 2.63. The minimum absolute atomic E-state index is 0.234. The number of aryl methyl sites for hydroxylation is 1. The van der Waals surface area contributed by atoms with Crippen LogP contribution in [0.2, 0.25) is 0 Å². The molecular formula is C18H34N3O11P3. The first-order valence-corrected chi connectivity index (χ1v) is 16.6. The molecule has 0 aliphatic carbocycles. The standard InChI is InChI=1S/C18H34N3O11P3/c1-13-8-16(21-9-14(2)17(22)20(18(21)23)7-5-3-4-6-19)32-15(13)10-31-35(29,30)12-33(24,25)11-34(26,27)28/h9,13,15-16H,3-8,10-12,19H2,1-2H3,(H,24,25)(H,29,30)(H2,26,27,28). The highest BCUT2D eigenvalue weighted by molar-refractivity contribution is 7.79. The third-order valence-electron chi connectivity index (χ3n) is 5.55. The molecule has 2 rings (SSSR count). The topological polar surface area (TPSA) is 221 Å². The van der Waals surface area contributed by atoms with Crippen molar-refractivity contribution in [3.8, 4) is 0 Å². The van der Waals surface area contributed by atoms with Crippen LogP contribution in [0.25, 0.3) is 0 Å². The fourth-order valence-electron chi connectivity index (χ4n) is 3.84. The van der Waals surface area contributed by atoms with E-state index in [0.29, 0.717) is 24.9 Å². The molecule has 0 spiro atoms. The van der Waals surface area contributed by atoms with Crippen molar-refractivity contribution in [3.63, 3.8) is 0 Å². The molecule has 0 saturated carbocycles. The lowest BCUT2D eigenvalue weighted by Gasteiger charge is -2.21. The normalized spacial score (nSPS) is 24.3. The molecule has 0 bridgehead atoms. The van der Waals surface area contributed by atoms with Gasteiger partial charge >= 0.3 is 20.9 Å². The number of ether oxygens (including phenoxy) is 1. The van der Waals surface area contributed by atoms with Gasteiger partial charge in [0.15, 0.2) is 0 Å². The van der Waals surface area contributed by atoms with Crippen molar-refractivity contribution in [3.05, 3.63) is 32.6 Å². The van der Waals surface area contributed by atoms with Crippen LogP contribution in [0.5, 0.6) is 0 Å². The van der Waals surface area contributed by atoms with Crippen LogP contribution in [0, 0.1) is 12.8 Å². The van der Waals surface area contributed by atoms with Crippen molar-refractivity contribution in [1.82, 2.24) is 9.13 Å². The minimum Gasteiger partial charge on any atom is -0.352 e. The third kappa shape index (κ3) is 9.16. The van der Waals surface area contributed by atoms with Crippen LogP contribution in [0.3, 0.4) is 0 Å². The van der Waals surface area contributed by atoms with Crippen molar-refractivity contribution in [2.24, 2.45) is 11.7 Å². The Morgan fingerprint density at radius 2 is 1.77 bits per heavy atom. The van der Waals surface area contributed by atoms with Gasteiger partial charge in [-0.3, -0.25) is 27.6 Å². The Hall–Kier alpha value is -0.910. The van der Waals surface area contributed by atoms with E-state index in [9.17, 15) is 33.1 Å². The van der Waals surface area contributed by atoms with E-state index in [4.69, 9.17) is 24.8 Å². The fraction of sp³-hybridized carbons (Fsp3) is 0.778. The van der Waals surface area contributed by atoms with Gasteiger partial charge in [-0.25, -0.2) is 4.79 Å². The third-order valence-corrected chi connectivity index (χ3v) is 12.5. The van der Waals surface area contributed by atoms with E-state index in [2.05, 4.69) is 0 Å². The lowest BCUT2D eigenvalue weighted by molar-refractivity contribution is -0.0285. The van der Waals surface area contributed by atoms with Crippen LogP contribution >= 0.6 is 22.6 Å². The molecule has 6 N–H and O–H groups in total. The molecular weight excluding hydrogens is 527 g/mol. The first kappa shape index (κ1) is 30.3. The van der Waals surface area contributed by atoms with Gasteiger partial charge in [-0.1, -0.05) is 13.3 Å². The summed E-state index contributed by atoms with van der Waals surface area (Å²) < 4.78 is 48.4. The molecule has 0 amide bonds. The molecule has 1 saturated heterocycles. The van der Waals surface area contributed by atoms with Crippen molar-refractivity contribution in [2.75, 3.05) is 25.0 Å². The Morgan fingerprint density at radius 3 is 2.37 bits per heavy atom. The van der Waals surface area contributed by atoms with Gasteiger partial charge in [0.1, 0.15) is 18.0 Å². The monoisotopic (exact) mass is 561 g/mol. The number of nitrogens with zero attached hydrogens (tertiary/aromatic N) is 2. The number of unbranched alkanes of at least 4 members (excludes halogenated alkanes) is 2. The van der Waals surface area contributed by atoms with E-state index in [-0.39, 0.29) is 12.5 Å². The van der Waals surface area contributed by atoms with Crippen LogP contribution in [0.1, 0.15) is 44.4 Å². The van der Waals surface area contributed by atoms with Crippen molar-refractivity contribution >= 4 is 22.6 Å². The predicted molar refractivity (Wildman–Crippen MR) is 128 cm³/mol. The first-order valence-electron chi connectivity index (χ1n) is 11.0. The van der Waals surface area contributed by atoms with E-state index in [0.717, 1.165) is 17.4 Å². The van der Waals surface area contributed by atoms with E-state index >= 15 is 0 Å². The molecule has 1 aliphatic rings. The maximum atomic E-state index is 13.0. The van der Waals surface area contributed by atoms with E-state index < -0.39 is 64.6 Å². The van der Waals surface area contributed by atoms with Crippen LogP contribution in [0.4, 0.5) is 0 Å². The Balaban J connectivity index is 2.10. The number of aromatic nitrogens is 2. The Morgan fingerprint density at radius 1 is 1.11 bits per heavy atom. The van der Waals surface area contributed by atoms with Crippen molar-refractivity contribution < 1.29 is 42.5 Å². The summed E-state index contributed by atoms with van der Waals surface area (Å²) in [5.41, 5.74) is 4.89. The Bertz CT molecular complexity index is 1140. The number of rotatable bonds is 13. The molecule has 5 unspecified atom stereocenters. The molecule has 0 radical (unpaired) electrons. The average Bonchev–Trinajstić information content (AvgIpc) is 3.06. The Labute approximate surface area is 202 Å². The molecule has 5 atom stereocenters. The number of nitrogens with two attached hydrogens (primary N) is 1. The zero-order valence-corrected chi connectivity index (χ0v) is 22.3. The van der Waals surface area contributed by atoms with Gasteiger partial charge < -0.3 is 34.6 Å². The van der Waals surface area contributed by atoms with Gasteiger partial charge in [-0.15, -0.1) is 0 Å². The summed E-state index contributed by atoms with van der Waals surface area (Å²) in [7, 11) is -14.2. The molecule has 2 heterocycles. The van der Waals surface area contributed by atoms with Gasteiger partial charge in [0.25, 0.3) is 5.56 Å². The molecule has 17 heteroatoms. The largest absolute Gasteiger partial charge is 0.352 e. The van der Waals surface area contributed by atoms with Gasteiger partial charge in [-0.05, 0) is 38.6 Å². The molecule has 0 aromatic carbocycles. The zero-order chi connectivity index (χ0) is 26.6. The number of hydrogen-bond acceptors (Lipinski definition) is 8. The van der Waals surface area contributed by atoms with Gasteiger partial charge in [0.05, 0.1) is 12.7 Å². The summed E-state index contributed by atoms with van der Waals surface area (Å²) in [5.74, 6) is -2.99. The smallest absolute Gasteiger partial charge is 0.337 e. The quantitative estimate of drug-likeness (QED) is 0.168. The second-order valence-corrected chi connectivity index (χ2v) is 15.7. The minimum atomic E-state index is -4.88. The molecule has 1 aliphatic heterocycles. The highest BCUT2D eigenvalue weighted by Gasteiger charge is 2.40. The van der Waals surface area contributed by atoms with Crippen LogP contribution in [-0.2, 0) is 29.5 Å². The molecule has 14 nitrogen and oxygen atoms in total. The predicted octanol–water partition coefficient (Wildman–Crippen LogP) is 0.936. The summed E-state index contributed by atoms with van der Waals surface area (Å²) >= 11 is 0. The fourth-order valence-corrected chi connectivity index (χ4v) is 10.2. The second-order valence-electron chi connectivity index (χ2n) is 8.88. The summed E-state index contributed by atoms with van der Waals surface area (Å²) in [6.07, 6.45) is 2.38. The zero-order valence-electron chi connectivity index (χ0n) is 19.6. The van der Waals surface area contributed by atoms with E-state index in [1.807, 2.05) is 0 Å². The molecule has 35 heavy (non-hydrogen) atoms. The summed E-state index contributed by atoms with van der Waals surface area (Å²) in [6.45, 7) is 3.65. The Kier molecular flexibility index (Phi) is 10.5. The van der Waals surface area contributed by atoms with Crippen molar-refractivity contribution in [1.29, 1.82) is 0 Å². The van der Waals surface area contributed by atoms with Crippen LogP contribution in [0.15, 0.2) is 15.8 Å². The maximum Gasteiger partial charge on any atom is 0.337 e. The second kappa shape index (κ2) is 12.1. The summed E-state index contributed by atoms with van der Waals surface area (Å²) in [4.78, 5) is 62.8. The van der Waals surface area contributed by atoms with Gasteiger partial charge in [-0.2, -0.15) is 0 Å². The van der Waals surface area contributed by atoms with Crippen LogP contribution < -0.4 is 17.0 Å². The molecule has 1 aromatic heterocycles. The SMILES string of the molecule is Cc1cn(C2CC(C)C(COP(=O)(O)CP(=O)(O)CP(=O)(O)O)O2)c(=O)n(CCCCCN)c1=O. The summed E-state index contributed by atoms with van der Waals surface area (Å²) in [6, 6.07) is 0. The van der Waals surface area contributed by atoms with Crippen LogP contribution in [-0.4, -0.2) is 59.8 Å². The molecule has 1 fully saturated rings. The number of hydrogen-bond donors (Lipinski definition) is 5. The lowest BCUT2D eigenvalue weighted by atomic mass is 10.0. The molecule has 202 valence electrons.